The molecular weight excluding hydrogens is 332 g/mol. The summed E-state index contributed by atoms with van der Waals surface area (Å²) in [5.74, 6) is 0.209. The van der Waals surface area contributed by atoms with E-state index in [4.69, 9.17) is 5.73 Å². The van der Waals surface area contributed by atoms with Crippen LogP contribution in [0.25, 0.3) is 0 Å². The highest BCUT2D eigenvalue weighted by atomic mass is 16.1. The number of hydrogen-bond acceptors (Lipinski definition) is 2. The molecule has 27 heavy (non-hydrogen) atoms. The molecule has 0 radical (unpaired) electrons. The molecule has 3 N–H and O–H groups in total. The van der Waals surface area contributed by atoms with Crippen molar-refractivity contribution in [3.8, 4) is 0 Å². The Balaban J connectivity index is 3.95. The summed E-state index contributed by atoms with van der Waals surface area (Å²) in [5, 5.41) is 3.08. The van der Waals surface area contributed by atoms with Crippen LogP contribution in [0.4, 0.5) is 0 Å². The van der Waals surface area contributed by atoms with Crippen LogP contribution in [0.2, 0.25) is 0 Å². The molecule has 2 atom stereocenters. The minimum Gasteiger partial charge on any atom is -0.350 e. The van der Waals surface area contributed by atoms with E-state index in [1.54, 1.807) is 0 Å². The van der Waals surface area contributed by atoms with Gasteiger partial charge >= 0.3 is 0 Å². The van der Waals surface area contributed by atoms with E-state index in [1.807, 2.05) is 0 Å². The monoisotopic (exact) mass is 380 g/mol. The van der Waals surface area contributed by atoms with E-state index in [-0.39, 0.29) is 17.5 Å². The van der Waals surface area contributed by atoms with Gasteiger partial charge in [0.2, 0.25) is 5.91 Å². The third-order valence-corrected chi connectivity index (χ3v) is 5.76. The van der Waals surface area contributed by atoms with Crippen LogP contribution < -0.4 is 11.1 Å². The summed E-state index contributed by atoms with van der Waals surface area (Å²) in [4.78, 5) is 11.7. The van der Waals surface area contributed by atoms with Crippen molar-refractivity contribution in [2.45, 2.75) is 129 Å². The third-order valence-electron chi connectivity index (χ3n) is 5.76. The standard InChI is InChI=1S/C24H48N2O/c1-6-9-10-11-12-13-14-15-16-17-18-19-20-21(24(4,5)25)22(7-2)26-23(27)8-3/h8,21-22H,3,6-7,9-20,25H2,1-2,4-5H3,(H,26,27). The average Bonchev–Trinajstić information content (AvgIpc) is 2.62. The van der Waals surface area contributed by atoms with Gasteiger partial charge in [-0.15, -0.1) is 0 Å². The number of hydrogen-bond donors (Lipinski definition) is 2. The Morgan fingerprint density at radius 2 is 1.37 bits per heavy atom. The molecule has 0 rings (SSSR count). The van der Waals surface area contributed by atoms with E-state index in [1.165, 1.54) is 83.1 Å². The highest BCUT2D eigenvalue weighted by Gasteiger charge is 2.31. The van der Waals surface area contributed by atoms with E-state index in [0.717, 1.165) is 12.8 Å². The number of unbranched alkanes of at least 4 members (excludes halogenated alkanes) is 11. The van der Waals surface area contributed by atoms with Crippen molar-refractivity contribution in [1.82, 2.24) is 5.32 Å². The minimum atomic E-state index is -0.285. The molecule has 0 aliphatic carbocycles. The Morgan fingerprint density at radius 1 is 0.926 bits per heavy atom. The number of amides is 1. The summed E-state index contributed by atoms with van der Waals surface area (Å²) in [5.41, 5.74) is 6.15. The lowest BCUT2D eigenvalue weighted by atomic mass is 9.78. The second-order valence-electron chi connectivity index (χ2n) is 8.83. The van der Waals surface area contributed by atoms with Crippen molar-refractivity contribution in [3.63, 3.8) is 0 Å². The van der Waals surface area contributed by atoms with Crippen LogP contribution in [0.1, 0.15) is 118 Å². The molecule has 0 saturated carbocycles. The van der Waals surface area contributed by atoms with E-state index in [9.17, 15) is 4.79 Å². The number of carbonyl (C=O) groups is 1. The van der Waals surface area contributed by atoms with Gasteiger partial charge in [0.25, 0.3) is 0 Å². The maximum Gasteiger partial charge on any atom is 0.243 e. The Labute approximate surface area is 169 Å². The summed E-state index contributed by atoms with van der Waals surface area (Å²) in [6.45, 7) is 12.1. The van der Waals surface area contributed by atoms with Gasteiger partial charge < -0.3 is 11.1 Å². The molecule has 0 saturated heterocycles. The van der Waals surface area contributed by atoms with E-state index in [0.29, 0.717) is 5.92 Å². The minimum absolute atomic E-state index is 0.0919. The molecule has 1 amide bonds. The lowest BCUT2D eigenvalue weighted by Gasteiger charge is -2.37. The fraction of sp³-hybridized carbons (Fsp3) is 0.875. The van der Waals surface area contributed by atoms with Crippen molar-refractivity contribution >= 4 is 5.91 Å². The van der Waals surface area contributed by atoms with Crippen molar-refractivity contribution in [2.75, 3.05) is 0 Å². The van der Waals surface area contributed by atoms with Crippen LogP contribution in [-0.4, -0.2) is 17.5 Å². The predicted molar refractivity (Wildman–Crippen MR) is 120 cm³/mol. The predicted octanol–water partition coefficient (Wildman–Crippen LogP) is 6.51. The Hall–Kier alpha value is -0.830. The van der Waals surface area contributed by atoms with Gasteiger partial charge in [0, 0.05) is 11.6 Å². The highest BCUT2D eigenvalue weighted by molar-refractivity contribution is 5.87. The molecule has 160 valence electrons. The van der Waals surface area contributed by atoms with Gasteiger partial charge in [0.1, 0.15) is 0 Å². The van der Waals surface area contributed by atoms with Crippen LogP contribution in [0.15, 0.2) is 12.7 Å². The van der Waals surface area contributed by atoms with E-state index < -0.39 is 0 Å². The maximum atomic E-state index is 11.7. The van der Waals surface area contributed by atoms with Gasteiger partial charge in [0.15, 0.2) is 0 Å². The topological polar surface area (TPSA) is 55.1 Å². The van der Waals surface area contributed by atoms with Crippen molar-refractivity contribution in [3.05, 3.63) is 12.7 Å². The van der Waals surface area contributed by atoms with Gasteiger partial charge in [-0.3, -0.25) is 4.79 Å². The zero-order valence-electron chi connectivity index (χ0n) is 18.8. The van der Waals surface area contributed by atoms with E-state index in [2.05, 4.69) is 39.6 Å². The van der Waals surface area contributed by atoms with Crippen LogP contribution >= 0.6 is 0 Å². The lowest BCUT2D eigenvalue weighted by molar-refractivity contribution is -0.117. The van der Waals surface area contributed by atoms with Crippen LogP contribution in [0.3, 0.4) is 0 Å². The van der Waals surface area contributed by atoms with Gasteiger partial charge in [-0.25, -0.2) is 0 Å². The average molecular weight is 381 g/mol. The first-order valence-corrected chi connectivity index (χ1v) is 11.6. The molecular formula is C24H48N2O. The Kier molecular flexibility index (Phi) is 15.7. The van der Waals surface area contributed by atoms with Crippen LogP contribution in [0.5, 0.6) is 0 Å². The molecule has 0 aromatic carbocycles. The smallest absolute Gasteiger partial charge is 0.243 e. The van der Waals surface area contributed by atoms with Crippen molar-refractivity contribution in [1.29, 1.82) is 0 Å². The zero-order valence-corrected chi connectivity index (χ0v) is 18.8. The molecule has 3 heteroatoms. The quantitative estimate of drug-likeness (QED) is 0.210. The Morgan fingerprint density at radius 3 is 1.74 bits per heavy atom. The first kappa shape index (κ1) is 26.2. The zero-order chi connectivity index (χ0) is 20.5. The molecule has 0 bridgehead atoms. The normalized spacial score (nSPS) is 14.0. The van der Waals surface area contributed by atoms with Crippen molar-refractivity contribution in [2.24, 2.45) is 11.7 Å². The van der Waals surface area contributed by atoms with Crippen molar-refractivity contribution < 1.29 is 4.79 Å². The number of nitrogens with one attached hydrogen (secondary N) is 1. The van der Waals surface area contributed by atoms with Gasteiger partial charge in [-0.05, 0) is 38.7 Å². The number of nitrogens with two attached hydrogens (primary N) is 1. The Bertz CT molecular complexity index is 373. The van der Waals surface area contributed by atoms with Crippen LogP contribution in [-0.2, 0) is 4.79 Å². The largest absolute Gasteiger partial charge is 0.350 e. The van der Waals surface area contributed by atoms with Gasteiger partial charge in [-0.1, -0.05) is 97.5 Å². The number of rotatable bonds is 18. The molecule has 0 spiro atoms. The molecule has 0 aromatic heterocycles. The first-order chi connectivity index (χ1) is 12.9. The fourth-order valence-corrected chi connectivity index (χ4v) is 4.03. The third kappa shape index (κ3) is 13.9. The highest BCUT2D eigenvalue weighted by Crippen LogP contribution is 2.26. The fourth-order valence-electron chi connectivity index (χ4n) is 4.03. The molecule has 2 unspecified atom stereocenters. The summed E-state index contributed by atoms with van der Waals surface area (Å²) >= 11 is 0. The molecule has 0 fully saturated rings. The van der Waals surface area contributed by atoms with Gasteiger partial charge in [-0.2, -0.15) is 0 Å². The SMILES string of the molecule is C=CC(=O)NC(CC)C(CCCCCCCCCCCCCC)C(C)(C)N. The summed E-state index contributed by atoms with van der Waals surface area (Å²) < 4.78 is 0. The summed E-state index contributed by atoms with van der Waals surface area (Å²) in [6.07, 6.45) is 19.7. The van der Waals surface area contributed by atoms with E-state index >= 15 is 0 Å². The number of carbonyl (C=O) groups excluding carboxylic acids is 1. The summed E-state index contributed by atoms with van der Waals surface area (Å²) in [6, 6.07) is 0.128. The molecule has 0 heterocycles. The first-order valence-electron chi connectivity index (χ1n) is 11.6. The van der Waals surface area contributed by atoms with Crippen LogP contribution in [0, 0.1) is 5.92 Å². The summed E-state index contributed by atoms with van der Waals surface area (Å²) in [7, 11) is 0. The maximum absolute atomic E-state index is 11.7. The second kappa shape index (κ2) is 16.2. The molecule has 0 aliphatic heterocycles. The lowest BCUT2D eigenvalue weighted by Crippen LogP contribution is -2.52. The molecule has 3 nitrogen and oxygen atoms in total. The second-order valence-corrected chi connectivity index (χ2v) is 8.83. The molecule has 0 aliphatic rings. The molecule has 0 aromatic rings. The van der Waals surface area contributed by atoms with Gasteiger partial charge in [0.05, 0.1) is 0 Å².